The Balaban J connectivity index is 3.56. The van der Waals surface area contributed by atoms with Crippen LogP contribution >= 0.6 is 12.6 Å². The van der Waals surface area contributed by atoms with Crippen LogP contribution in [-0.4, -0.2) is 6.18 Å². The molecule has 4 heteroatoms. The van der Waals surface area contributed by atoms with E-state index in [9.17, 15) is 13.2 Å². The number of hydrogen-bond acceptors (Lipinski definition) is 1. The highest BCUT2D eigenvalue weighted by Gasteiger charge is 2.20. The molecular weight excluding hydrogens is 125 g/mol. The molecule has 0 saturated carbocycles. The van der Waals surface area contributed by atoms with Crippen molar-refractivity contribution in [2.24, 2.45) is 0 Å². The van der Waals surface area contributed by atoms with Gasteiger partial charge in [-0.1, -0.05) is 0 Å². The molecule has 0 bridgehead atoms. The molecule has 0 unspecified atom stereocenters. The third-order valence-corrected chi connectivity index (χ3v) is 0.413. The SMILES string of the molecule is FC(F)(F)C=CS. The van der Waals surface area contributed by atoms with E-state index in [4.69, 9.17) is 0 Å². The fourth-order valence-electron chi connectivity index (χ4n) is 0.0845. The van der Waals surface area contributed by atoms with Gasteiger partial charge < -0.3 is 0 Å². The lowest BCUT2D eigenvalue weighted by Gasteiger charge is -1.93. The van der Waals surface area contributed by atoms with Gasteiger partial charge in [0.1, 0.15) is 0 Å². The first-order chi connectivity index (χ1) is 3.06. The van der Waals surface area contributed by atoms with Crippen molar-refractivity contribution in [2.75, 3.05) is 0 Å². The second-order valence-electron chi connectivity index (χ2n) is 0.857. The highest BCUT2D eigenvalue weighted by molar-refractivity contribution is 7.83. The van der Waals surface area contributed by atoms with Crippen molar-refractivity contribution in [3.05, 3.63) is 11.5 Å². The van der Waals surface area contributed by atoms with Crippen LogP contribution in [0.5, 0.6) is 0 Å². The zero-order valence-corrected chi connectivity index (χ0v) is 4.13. The molecule has 0 aromatic rings. The molecule has 0 nitrogen and oxygen atoms in total. The van der Waals surface area contributed by atoms with Crippen LogP contribution in [-0.2, 0) is 0 Å². The van der Waals surface area contributed by atoms with E-state index >= 15 is 0 Å². The van der Waals surface area contributed by atoms with E-state index in [-0.39, 0.29) is 6.08 Å². The van der Waals surface area contributed by atoms with Gasteiger partial charge in [-0.3, -0.25) is 0 Å². The fourth-order valence-corrected chi connectivity index (χ4v) is 0.254. The molecule has 0 heterocycles. The first-order valence-corrected chi connectivity index (χ1v) is 1.96. The van der Waals surface area contributed by atoms with Gasteiger partial charge >= 0.3 is 6.18 Å². The molecule has 7 heavy (non-hydrogen) atoms. The van der Waals surface area contributed by atoms with Crippen molar-refractivity contribution < 1.29 is 13.2 Å². The Labute approximate surface area is 44.4 Å². The van der Waals surface area contributed by atoms with Crippen LogP contribution in [0.4, 0.5) is 13.2 Å². The van der Waals surface area contributed by atoms with E-state index in [1.165, 1.54) is 0 Å². The van der Waals surface area contributed by atoms with Crippen LogP contribution in [0.3, 0.4) is 0 Å². The van der Waals surface area contributed by atoms with Gasteiger partial charge in [-0.05, 0) is 5.41 Å². The van der Waals surface area contributed by atoms with E-state index in [1.54, 1.807) is 0 Å². The summed E-state index contributed by atoms with van der Waals surface area (Å²) in [5.41, 5.74) is 0. The van der Waals surface area contributed by atoms with Crippen LogP contribution in [0.25, 0.3) is 0 Å². The van der Waals surface area contributed by atoms with Gasteiger partial charge in [0.05, 0.1) is 0 Å². The van der Waals surface area contributed by atoms with Gasteiger partial charge in [-0.15, -0.1) is 0 Å². The van der Waals surface area contributed by atoms with Crippen LogP contribution in [0.15, 0.2) is 11.5 Å². The summed E-state index contributed by atoms with van der Waals surface area (Å²) in [7, 11) is 0. The lowest BCUT2D eigenvalue weighted by atomic mass is 10.6. The number of alkyl halides is 3. The lowest BCUT2D eigenvalue weighted by molar-refractivity contribution is -0.0796. The van der Waals surface area contributed by atoms with E-state index in [2.05, 4.69) is 12.6 Å². The normalized spacial score (nSPS) is 13.1. The monoisotopic (exact) mass is 128 g/mol. The summed E-state index contributed by atoms with van der Waals surface area (Å²) >= 11 is 3.21. The third kappa shape index (κ3) is 5.88. The maximum absolute atomic E-state index is 10.9. The molecule has 0 aromatic carbocycles. The molecule has 0 aliphatic rings. The Kier molecular flexibility index (Phi) is 2.22. The summed E-state index contributed by atoms with van der Waals surface area (Å²) in [5, 5.41) is 0.653. The van der Waals surface area contributed by atoms with Crippen molar-refractivity contribution in [3.63, 3.8) is 0 Å². The highest BCUT2D eigenvalue weighted by Crippen LogP contribution is 2.15. The first kappa shape index (κ1) is 6.88. The summed E-state index contributed by atoms with van der Waals surface area (Å²) in [4.78, 5) is 0. The maximum Gasteiger partial charge on any atom is 0.410 e. The summed E-state index contributed by atoms with van der Waals surface area (Å²) in [6, 6.07) is 0. The van der Waals surface area contributed by atoms with E-state index in [1.807, 2.05) is 0 Å². The molecule has 0 aliphatic heterocycles. The molecule has 0 spiro atoms. The van der Waals surface area contributed by atoms with Gasteiger partial charge in [0.15, 0.2) is 0 Å². The Morgan fingerprint density at radius 2 is 1.71 bits per heavy atom. The Hall–Kier alpha value is -0.120. The Morgan fingerprint density at radius 1 is 1.29 bits per heavy atom. The fraction of sp³-hybridized carbons (Fsp3) is 0.333. The third-order valence-electron chi connectivity index (χ3n) is 0.264. The number of allylic oxidation sites excluding steroid dienone is 1. The second kappa shape index (κ2) is 2.26. The van der Waals surface area contributed by atoms with Gasteiger partial charge in [-0.25, -0.2) is 0 Å². The molecule has 0 N–H and O–H groups in total. The maximum atomic E-state index is 10.9. The molecule has 0 amide bonds. The molecule has 0 fully saturated rings. The molecular formula is C3H3F3S. The van der Waals surface area contributed by atoms with Gasteiger partial charge in [-0.2, -0.15) is 25.8 Å². The van der Waals surface area contributed by atoms with E-state index in [0.717, 1.165) is 0 Å². The van der Waals surface area contributed by atoms with Crippen LogP contribution in [0.1, 0.15) is 0 Å². The van der Waals surface area contributed by atoms with Crippen LogP contribution in [0, 0.1) is 0 Å². The number of thiol groups is 1. The largest absolute Gasteiger partial charge is 0.410 e. The standard InChI is InChI=1S/C3H3F3S/c4-3(5,6)1-2-7/h1-2,7H. The summed E-state index contributed by atoms with van der Waals surface area (Å²) < 4.78 is 32.8. The van der Waals surface area contributed by atoms with Gasteiger partial charge in [0.25, 0.3) is 0 Å². The molecule has 0 atom stereocenters. The van der Waals surface area contributed by atoms with Crippen LogP contribution in [0.2, 0.25) is 0 Å². The van der Waals surface area contributed by atoms with E-state index in [0.29, 0.717) is 5.41 Å². The van der Waals surface area contributed by atoms with Crippen molar-refractivity contribution in [1.82, 2.24) is 0 Å². The van der Waals surface area contributed by atoms with Crippen molar-refractivity contribution in [1.29, 1.82) is 0 Å². The van der Waals surface area contributed by atoms with Crippen molar-refractivity contribution in [3.8, 4) is 0 Å². The summed E-state index contributed by atoms with van der Waals surface area (Å²) in [6.07, 6.45) is -4.15. The Morgan fingerprint density at radius 3 is 1.71 bits per heavy atom. The average Bonchev–Trinajstić information content (AvgIpc) is 1.30. The topological polar surface area (TPSA) is 0 Å². The van der Waals surface area contributed by atoms with Crippen molar-refractivity contribution in [2.45, 2.75) is 6.18 Å². The summed E-state index contributed by atoms with van der Waals surface area (Å²) in [6.45, 7) is 0. The zero-order valence-electron chi connectivity index (χ0n) is 3.24. The van der Waals surface area contributed by atoms with Gasteiger partial charge in [0, 0.05) is 6.08 Å². The zero-order chi connectivity index (χ0) is 5.91. The molecule has 42 valence electrons. The number of halogens is 3. The summed E-state index contributed by atoms with van der Waals surface area (Å²) in [5.74, 6) is 0. The predicted octanol–water partition coefficient (Wildman–Crippen LogP) is 1.99. The molecule has 0 rings (SSSR count). The lowest BCUT2D eigenvalue weighted by Crippen LogP contribution is -1.99. The minimum Gasteiger partial charge on any atom is -0.167 e. The van der Waals surface area contributed by atoms with E-state index < -0.39 is 6.18 Å². The molecule has 0 radical (unpaired) electrons. The predicted molar refractivity (Wildman–Crippen MR) is 24.2 cm³/mol. The highest BCUT2D eigenvalue weighted by atomic mass is 32.1. The Bertz CT molecular complexity index is 72.7. The minimum atomic E-state index is -4.21. The smallest absolute Gasteiger partial charge is 0.167 e. The van der Waals surface area contributed by atoms with Crippen LogP contribution < -0.4 is 0 Å². The minimum absolute atomic E-state index is 0.0517. The number of rotatable bonds is 0. The average molecular weight is 128 g/mol. The molecule has 0 aromatic heterocycles. The molecule has 0 saturated heterocycles. The van der Waals surface area contributed by atoms with Crippen molar-refractivity contribution >= 4 is 12.6 Å². The molecule has 0 aliphatic carbocycles. The second-order valence-corrected chi connectivity index (χ2v) is 1.16. The number of hydrogen-bond donors (Lipinski definition) is 1. The quantitative estimate of drug-likeness (QED) is 0.474. The first-order valence-electron chi connectivity index (χ1n) is 1.45. The van der Waals surface area contributed by atoms with Gasteiger partial charge in [0.2, 0.25) is 0 Å².